The summed E-state index contributed by atoms with van der Waals surface area (Å²) in [5.41, 5.74) is 1.37. The van der Waals surface area contributed by atoms with Gasteiger partial charge in [0.25, 0.3) is 0 Å². The van der Waals surface area contributed by atoms with Crippen molar-refractivity contribution in [1.29, 1.82) is 0 Å². The van der Waals surface area contributed by atoms with E-state index in [9.17, 15) is 0 Å². The zero-order valence-corrected chi connectivity index (χ0v) is 10.9. The van der Waals surface area contributed by atoms with Crippen LogP contribution >= 0.6 is 0 Å². The molecule has 1 aromatic carbocycles. The maximum atomic E-state index is 6.02. The molecule has 0 spiro atoms. The number of rotatable bonds is 2. The fourth-order valence-corrected chi connectivity index (χ4v) is 2.92. The van der Waals surface area contributed by atoms with E-state index in [0.29, 0.717) is 6.10 Å². The molecule has 3 nitrogen and oxygen atoms in total. The van der Waals surface area contributed by atoms with Crippen molar-refractivity contribution in [1.82, 2.24) is 10.2 Å². The highest BCUT2D eigenvalue weighted by atomic mass is 16.5. The molecule has 0 aliphatic carbocycles. The Labute approximate surface area is 109 Å². The van der Waals surface area contributed by atoms with Crippen LogP contribution in [0.3, 0.4) is 0 Å². The quantitative estimate of drug-likeness (QED) is 0.859. The second kappa shape index (κ2) is 5.72. The first kappa shape index (κ1) is 12.0. The first-order valence-electron chi connectivity index (χ1n) is 7.09. The molecule has 1 fully saturated rings. The topological polar surface area (TPSA) is 24.5 Å². The van der Waals surface area contributed by atoms with Gasteiger partial charge in [0.15, 0.2) is 0 Å². The molecule has 3 heteroatoms. The van der Waals surface area contributed by atoms with Gasteiger partial charge in [-0.15, -0.1) is 0 Å². The van der Waals surface area contributed by atoms with Gasteiger partial charge in [-0.2, -0.15) is 0 Å². The molecule has 98 valence electrons. The second-order valence-electron chi connectivity index (χ2n) is 5.31. The molecule has 1 aromatic rings. The van der Waals surface area contributed by atoms with E-state index in [1.807, 2.05) is 0 Å². The van der Waals surface area contributed by atoms with Crippen molar-refractivity contribution >= 4 is 0 Å². The lowest BCUT2D eigenvalue weighted by atomic mass is 10.1. The van der Waals surface area contributed by atoms with Gasteiger partial charge in [0.05, 0.1) is 0 Å². The van der Waals surface area contributed by atoms with E-state index in [2.05, 4.69) is 34.5 Å². The predicted octanol–water partition coefficient (Wildman–Crippen LogP) is 1.68. The summed E-state index contributed by atoms with van der Waals surface area (Å²) in [6.45, 7) is 5.78. The van der Waals surface area contributed by atoms with Crippen LogP contribution in [0.2, 0.25) is 0 Å². The summed E-state index contributed by atoms with van der Waals surface area (Å²) in [5.74, 6) is 1.09. The van der Waals surface area contributed by atoms with Crippen LogP contribution in [0.4, 0.5) is 0 Å². The Hall–Kier alpha value is -1.06. The molecule has 1 atom stereocenters. The SMILES string of the molecule is c1ccc2c(c1)CC(CN1CCCNCCC1)O2. The fourth-order valence-electron chi connectivity index (χ4n) is 2.92. The number of nitrogens with one attached hydrogen (secondary N) is 1. The van der Waals surface area contributed by atoms with Crippen molar-refractivity contribution in [2.75, 3.05) is 32.7 Å². The number of benzene rings is 1. The van der Waals surface area contributed by atoms with Crippen LogP contribution in [-0.2, 0) is 6.42 Å². The first-order valence-corrected chi connectivity index (χ1v) is 7.09. The molecule has 1 unspecified atom stereocenters. The highest BCUT2D eigenvalue weighted by molar-refractivity contribution is 5.37. The van der Waals surface area contributed by atoms with Gasteiger partial charge in [-0.25, -0.2) is 0 Å². The van der Waals surface area contributed by atoms with Crippen LogP contribution < -0.4 is 10.1 Å². The van der Waals surface area contributed by atoms with E-state index in [1.165, 1.54) is 31.5 Å². The van der Waals surface area contributed by atoms with Crippen molar-refractivity contribution in [3.63, 3.8) is 0 Å². The Morgan fingerprint density at radius 3 is 2.72 bits per heavy atom. The molecule has 1 saturated heterocycles. The lowest BCUT2D eigenvalue weighted by Gasteiger charge is -2.27. The van der Waals surface area contributed by atoms with Gasteiger partial charge in [-0.1, -0.05) is 18.2 Å². The summed E-state index contributed by atoms with van der Waals surface area (Å²) >= 11 is 0. The molecule has 0 saturated carbocycles. The number of ether oxygens (including phenoxy) is 1. The molecule has 3 rings (SSSR count). The van der Waals surface area contributed by atoms with Crippen molar-refractivity contribution in [2.24, 2.45) is 0 Å². The Morgan fingerprint density at radius 2 is 1.94 bits per heavy atom. The Morgan fingerprint density at radius 1 is 1.17 bits per heavy atom. The molecule has 0 radical (unpaired) electrons. The summed E-state index contributed by atoms with van der Waals surface area (Å²) in [7, 11) is 0. The van der Waals surface area contributed by atoms with Crippen LogP contribution in [0.5, 0.6) is 5.75 Å². The van der Waals surface area contributed by atoms with Crippen LogP contribution in [0, 0.1) is 0 Å². The van der Waals surface area contributed by atoms with E-state index in [0.717, 1.165) is 31.8 Å². The first-order chi connectivity index (χ1) is 8.92. The molecule has 18 heavy (non-hydrogen) atoms. The maximum absolute atomic E-state index is 6.02. The minimum atomic E-state index is 0.356. The monoisotopic (exact) mass is 246 g/mol. The number of nitrogens with zero attached hydrogens (tertiary/aromatic N) is 1. The summed E-state index contributed by atoms with van der Waals surface area (Å²) in [6.07, 6.45) is 3.93. The van der Waals surface area contributed by atoms with E-state index < -0.39 is 0 Å². The average molecular weight is 246 g/mol. The molecule has 2 heterocycles. The number of para-hydroxylation sites is 1. The molecular weight excluding hydrogens is 224 g/mol. The molecular formula is C15H22N2O. The molecule has 0 bridgehead atoms. The zero-order chi connectivity index (χ0) is 12.2. The Kier molecular flexibility index (Phi) is 3.81. The summed E-state index contributed by atoms with van der Waals surface area (Å²) in [4.78, 5) is 2.57. The smallest absolute Gasteiger partial charge is 0.123 e. The van der Waals surface area contributed by atoms with Crippen LogP contribution in [0.25, 0.3) is 0 Å². The van der Waals surface area contributed by atoms with Gasteiger partial charge in [0.2, 0.25) is 0 Å². The number of fused-ring (bicyclic) bond motifs is 1. The van der Waals surface area contributed by atoms with Gasteiger partial charge in [-0.3, -0.25) is 4.90 Å². The van der Waals surface area contributed by atoms with Crippen molar-refractivity contribution in [3.05, 3.63) is 29.8 Å². The van der Waals surface area contributed by atoms with E-state index in [1.54, 1.807) is 0 Å². The lowest BCUT2D eigenvalue weighted by molar-refractivity contribution is 0.144. The third kappa shape index (κ3) is 2.85. The highest BCUT2D eigenvalue weighted by Gasteiger charge is 2.24. The van der Waals surface area contributed by atoms with E-state index in [4.69, 9.17) is 4.74 Å². The summed E-state index contributed by atoms with van der Waals surface area (Å²) < 4.78 is 6.02. The Balaban J connectivity index is 1.55. The summed E-state index contributed by atoms with van der Waals surface area (Å²) in [5, 5.41) is 3.46. The third-order valence-electron chi connectivity index (χ3n) is 3.83. The van der Waals surface area contributed by atoms with E-state index in [-0.39, 0.29) is 0 Å². The molecule has 0 amide bonds. The molecule has 2 aliphatic heterocycles. The lowest BCUT2D eigenvalue weighted by Crippen LogP contribution is -2.39. The van der Waals surface area contributed by atoms with Crippen molar-refractivity contribution < 1.29 is 4.74 Å². The van der Waals surface area contributed by atoms with Crippen LogP contribution in [0.15, 0.2) is 24.3 Å². The third-order valence-corrected chi connectivity index (χ3v) is 3.83. The van der Waals surface area contributed by atoms with Crippen LogP contribution in [0.1, 0.15) is 18.4 Å². The second-order valence-corrected chi connectivity index (χ2v) is 5.31. The van der Waals surface area contributed by atoms with Crippen LogP contribution in [-0.4, -0.2) is 43.7 Å². The standard InChI is InChI=1S/C15H22N2O/c1-2-6-15-13(5-1)11-14(18-15)12-17-9-3-7-16-8-4-10-17/h1-2,5-6,14,16H,3-4,7-12H2. The maximum Gasteiger partial charge on any atom is 0.123 e. The molecule has 2 aliphatic rings. The van der Waals surface area contributed by atoms with Gasteiger partial charge in [0.1, 0.15) is 11.9 Å². The normalized spacial score (nSPS) is 25.0. The highest BCUT2D eigenvalue weighted by Crippen LogP contribution is 2.28. The summed E-state index contributed by atoms with van der Waals surface area (Å²) in [6, 6.07) is 8.44. The van der Waals surface area contributed by atoms with Crippen molar-refractivity contribution in [2.45, 2.75) is 25.4 Å². The largest absolute Gasteiger partial charge is 0.488 e. The zero-order valence-electron chi connectivity index (χ0n) is 10.9. The molecule has 1 N–H and O–H groups in total. The Bertz CT molecular complexity index is 361. The average Bonchev–Trinajstić information content (AvgIpc) is 2.74. The van der Waals surface area contributed by atoms with Gasteiger partial charge < -0.3 is 10.1 Å². The van der Waals surface area contributed by atoms with E-state index >= 15 is 0 Å². The number of hydrogen-bond donors (Lipinski definition) is 1. The minimum Gasteiger partial charge on any atom is -0.488 e. The van der Waals surface area contributed by atoms with Crippen molar-refractivity contribution in [3.8, 4) is 5.75 Å². The fraction of sp³-hybridized carbons (Fsp3) is 0.600. The van der Waals surface area contributed by atoms with Gasteiger partial charge in [-0.05, 0) is 50.7 Å². The van der Waals surface area contributed by atoms with Gasteiger partial charge in [0, 0.05) is 13.0 Å². The minimum absolute atomic E-state index is 0.356. The predicted molar refractivity (Wildman–Crippen MR) is 73.1 cm³/mol. The molecule has 0 aromatic heterocycles. The number of hydrogen-bond acceptors (Lipinski definition) is 3. The van der Waals surface area contributed by atoms with Gasteiger partial charge >= 0.3 is 0 Å².